The zero-order chi connectivity index (χ0) is 17.6. The highest BCUT2D eigenvalue weighted by Crippen LogP contribution is 2.12. The Morgan fingerprint density at radius 3 is 1.87 bits per heavy atom. The molecule has 0 N–H and O–H groups in total. The fraction of sp³-hybridized carbons (Fsp3) is 0.471. The molecule has 0 aliphatic rings. The molecule has 0 aromatic heterocycles. The highest BCUT2D eigenvalue weighted by atomic mass is 16.5. The molecule has 23 heavy (non-hydrogen) atoms. The third-order valence-electron chi connectivity index (χ3n) is 3.28. The van der Waals surface area contributed by atoms with Crippen molar-refractivity contribution in [3.8, 4) is 0 Å². The molecule has 0 unspecified atom stereocenters. The molecule has 0 saturated heterocycles. The van der Waals surface area contributed by atoms with Gasteiger partial charge in [0.2, 0.25) is 0 Å². The molecule has 0 fully saturated rings. The van der Waals surface area contributed by atoms with Gasteiger partial charge in [-0.15, -0.1) is 0 Å². The van der Waals surface area contributed by atoms with Crippen LogP contribution in [0.2, 0.25) is 0 Å². The first kappa shape index (κ1) is 18.7. The number of hydrogen-bond acceptors (Lipinski definition) is 5. The molecular weight excluding hydrogens is 298 g/mol. The normalized spacial score (nSPS) is 10.6. The van der Waals surface area contributed by atoms with E-state index in [4.69, 9.17) is 4.74 Å². The number of benzene rings is 1. The quantitative estimate of drug-likeness (QED) is 0.752. The largest absolute Gasteiger partial charge is 0.465 e. The van der Waals surface area contributed by atoms with Crippen LogP contribution in [-0.4, -0.2) is 48.5 Å². The van der Waals surface area contributed by atoms with Gasteiger partial charge in [0.1, 0.15) is 0 Å². The number of ether oxygens (including phenoxy) is 2. The molecule has 126 valence electrons. The minimum atomic E-state index is -0.730. The second-order valence-electron chi connectivity index (χ2n) is 5.60. The van der Waals surface area contributed by atoms with Crippen LogP contribution in [0.15, 0.2) is 24.3 Å². The van der Waals surface area contributed by atoms with Crippen molar-refractivity contribution < 1.29 is 23.9 Å². The Balaban J connectivity index is 2.82. The average Bonchev–Trinajstić information content (AvgIpc) is 2.51. The molecule has 0 spiro atoms. The van der Waals surface area contributed by atoms with Crippen molar-refractivity contribution in [2.45, 2.75) is 39.8 Å². The summed E-state index contributed by atoms with van der Waals surface area (Å²) in [5.41, 5.74) is 0.185. The first-order valence-electron chi connectivity index (χ1n) is 7.45. The second-order valence-corrected chi connectivity index (χ2v) is 5.60. The summed E-state index contributed by atoms with van der Waals surface area (Å²) in [6.45, 7) is 7.21. The summed E-state index contributed by atoms with van der Waals surface area (Å²) in [6.07, 6.45) is 0. The maximum absolute atomic E-state index is 12.2. The predicted molar refractivity (Wildman–Crippen MR) is 85.2 cm³/mol. The zero-order valence-electron chi connectivity index (χ0n) is 14.2. The predicted octanol–water partition coefficient (Wildman–Crippen LogP) is 2.28. The SMILES string of the molecule is COC(=O)c1ccccc1C(=O)OCC(=O)N(C(C)C)C(C)C. The lowest BCUT2D eigenvalue weighted by atomic mass is 10.1. The Labute approximate surface area is 136 Å². The second kappa shape index (κ2) is 8.31. The van der Waals surface area contributed by atoms with E-state index in [1.165, 1.54) is 19.2 Å². The fourth-order valence-electron chi connectivity index (χ4n) is 2.40. The lowest BCUT2D eigenvalue weighted by Gasteiger charge is -2.30. The smallest absolute Gasteiger partial charge is 0.339 e. The third kappa shape index (κ3) is 4.81. The molecule has 0 heterocycles. The number of carbonyl (C=O) groups is 3. The van der Waals surface area contributed by atoms with Crippen LogP contribution >= 0.6 is 0 Å². The van der Waals surface area contributed by atoms with Crippen LogP contribution in [-0.2, 0) is 14.3 Å². The summed E-state index contributed by atoms with van der Waals surface area (Å²) in [7, 11) is 1.23. The number of carbonyl (C=O) groups excluding carboxylic acids is 3. The molecule has 0 aliphatic heterocycles. The van der Waals surface area contributed by atoms with Crippen LogP contribution in [0.25, 0.3) is 0 Å². The van der Waals surface area contributed by atoms with Crippen LogP contribution in [0, 0.1) is 0 Å². The van der Waals surface area contributed by atoms with E-state index in [-0.39, 0.29) is 35.7 Å². The Hall–Kier alpha value is -2.37. The molecule has 0 saturated carbocycles. The summed E-state index contributed by atoms with van der Waals surface area (Å²) in [6, 6.07) is 6.17. The van der Waals surface area contributed by atoms with Crippen molar-refractivity contribution >= 4 is 17.8 Å². The van der Waals surface area contributed by atoms with Gasteiger partial charge < -0.3 is 14.4 Å². The molecule has 1 aromatic rings. The fourth-order valence-corrected chi connectivity index (χ4v) is 2.40. The van der Waals surface area contributed by atoms with Crippen molar-refractivity contribution in [1.29, 1.82) is 0 Å². The highest BCUT2D eigenvalue weighted by molar-refractivity contribution is 6.03. The molecule has 1 aromatic carbocycles. The van der Waals surface area contributed by atoms with E-state index in [2.05, 4.69) is 4.74 Å². The van der Waals surface area contributed by atoms with Crippen molar-refractivity contribution in [3.05, 3.63) is 35.4 Å². The number of nitrogens with zero attached hydrogens (tertiary/aromatic N) is 1. The van der Waals surface area contributed by atoms with E-state index in [0.717, 1.165) is 0 Å². The van der Waals surface area contributed by atoms with Gasteiger partial charge in [-0.25, -0.2) is 9.59 Å². The van der Waals surface area contributed by atoms with Gasteiger partial charge in [-0.1, -0.05) is 12.1 Å². The molecule has 0 radical (unpaired) electrons. The maximum Gasteiger partial charge on any atom is 0.339 e. The van der Waals surface area contributed by atoms with Gasteiger partial charge in [-0.05, 0) is 39.8 Å². The van der Waals surface area contributed by atoms with Crippen molar-refractivity contribution in [2.75, 3.05) is 13.7 Å². The Morgan fingerprint density at radius 2 is 1.43 bits per heavy atom. The van der Waals surface area contributed by atoms with Gasteiger partial charge in [-0.3, -0.25) is 4.79 Å². The first-order valence-corrected chi connectivity index (χ1v) is 7.45. The van der Waals surface area contributed by atoms with Crippen LogP contribution < -0.4 is 0 Å². The molecule has 6 nitrogen and oxygen atoms in total. The summed E-state index contributed by atoms with van der Waals surface area (Å²) in [4.78, 5) is 37.6. The average molecular weight is 321 g/mol. The number of methoxy groups -OCH3 is 1. The molecule has 0 atom stereocenters. The molecule has 0 aliphatic carbocycles. The number of amides is 1. The molecular formula is C17H23NO5. The number of esters is 2. The monoisotopic (exact) mass is 321 g/mol. The summed E-state index contributed by atoms with van der Waals surface area (Å²) >= 11 is 0. The van der Waals surface area contributed by atoms with Gasteiger partial charge in [0.25, 0.3) is 5.91 Å². The first-order chi connectivity index (χ1) is 10.8. The van der Waals surface area contributed by atoms with Crippen molar-refractivity contribution in [2.24, 2.45) is 0 Å². The lowest BCUT2D eigenvalue weighted by molar-refractivity contribution is -0.138. The van der Waals surface area contributed by atoms with Gasteiger partial charge >= 0.3 is 11.9 Å². The standard InChI is InChI=1S/C17H23NO5/c1-11(2)18(12(3)4)15(19)10-23-17(21)14-9-7-6-8-13(14)16(20)22-5/h6-9,11-12H,10H2,1-5H3. The van der Waals surface area contributed by atoms with Crippen LogP contribution in [0.5, 0.6) is 0 Å². The Kier molecular flexibility index (Phi) is 6.75. The van der Waals surface area contributed by atoms with E-state index in [0.29, 0.717) is 0 Å². The van der Waals surface area contributed by atoms with E-state index in [9.17, 15) is 14.4 Å². The highest BCUT2D eigenvalue weighted by Gasteiger charge is 2.23. The number of rotatable bonds is 6. The van der Waals surface area contributed by atoms with Crippen molar-refractivity contribution in [1.82, 2.24) is 4.90 Å². The number of hydrogen-bond donors (Lipinski definition) is 0. The summed E-state index contributed by atoms with van der Waals surface area (Å²) in [5.74, 6) is -1.64. The van der Waals surface area contributed by atoms with Gasteiger partial charge in [0, 0.05) is 12.1 Å². The molecule has 6 heteroatoms. The van der Waals surface area contributed by atoms with E-state index >= 15 is 0 Å². The van der Waals surface area contributed by atoms with Crippen LogP contribution in [0.4, 0.5) is 0 Å². The third-order valence-corrected chi connectivity index (χ3v) is 3.28. The minimum Gasteiger partial charge on any atom is -0.465 e. The van der Waals surface area contributed by atoms with Crippen molar-refractivity contribution in [3.63, 3.8) is 0 Å². The van der Waals surface area contributed by atoms with E-state index < -0.39 is 11.9 Å². The Bertz CT molecular complexity index is 572. The van der Waals surface area contributed by atoms with E-state index in [1.807, 2.05) is 27.7 Å². The van der Waals surface area contributed by atoms with Crippen LogP contribution in [0.1, 0.15) is 48.4 Å². The van der Waals surface area contributed by atoms with Gasteiger partial charge in [0.05, 0.1) is 18.2 Å². The molecule has 1 rings (SSSR count). The molecule has 1 amide bonds. The van der Waals surface area contributed by atoms with Gasteiger partial charge in [-0.2, -0.15) is 0 Å². The lowest BCUT2D eigenvalue weighted by Crippen LogP contribution is -2.44. The maximum atomic E-state index is 12.2. The summed E-state index contributed by atoms with van der Waals surface area (Å²) < 4.78 is 9.70. The molecule has 0 bridgehead atoms. The van der Waals surface area contributed by atoms with E-state index in [1.54, 1.807) is 17.0 Å². The topological polar surface area (TPSA) is 72.9 Å². The zero-order valence-corrected chi connectivity index (χ0v) is 14.2. The minimum absolute atomic E-state index is 0.00329. The van der Waals surface area contributed by atoms with Crippen LogP contribution in [0.3, 0.4) is 0 Å². The van der Waals surface area contributed by atoms with Gasteiger partial charge in [0.15, 0.2) is 6.61 Å². The Morgan fingerprint density at radius 1 is 0.957 bits per heavy atom. The summed E-state index contributed by atoms with van der Waals surface area (Å²) in [5, 5.41) is 0.